The van der Waals surface area contributed by atoms with Crippen molar-refractivity contribution in [3.05, 3.63) is 34.7 Å². The van der Waals surface area contributed by atoms with Crippen LogP contribution in [0.5, 0.6) is 0 Å². The number of aryl methyl sites for hydroxylation is 1. The minimum atomic E-state index is -0.338. The highest BCUT2D eigenvalue weighted by Gasteiger charge is 2.18. The number of amides is 1. The van der Waals surface area contributed by atoms with E-state index in [1.165, 1.54) is 9.13 Å². The third-order valence-electron chi connectivity index (χ3n) is 4.17. The van der Waals surface area contributed by atoms with E-state index < -0.39 is 0 Å². The fourth-order valence-electron chi connectivity index (χ4n) is 2.89. The summed E-state index contributed by atoms with van der Waals surface area (Å²) in [6, 6.07) is 6.99. The van der Waals surface area contributed by atoms with Crippen LogP contribution in [0, 0.1) is 5.92 Å². The van der Waals surface area contributed by atoms with Gasteiger partial charge in [0, 0.05) is 13.6 Å². The Morgan fingerprint density at radius 1 is 1.29 bits per heavy atom. The van der Waals surface area contributed by atoms with E-state index in [2.05, 4.69) is 10.6 Å². The van der Waals surface area contributed by atoms with E-state index in [0.717, 1.165) is 31.4 Å². The van der Waals surface area contributed by atoms with Crippen molar-refractivity contribution in [3.63, 3.8) is 0 Å². The number of nitrogens with zero attached hydrogens (tertiary/aromatic N) is 2. The molecular weight excluding hydrogens is 268 g/mol. The molecule has 0 atom stereocenters. The summed E-state index contributed by atoms with van der Waals surface area (Å²) in [7, 11) is 1.68. The van der Waals surface area contributed by atoms with E-state index in [1.54, 1.807) is 13.1 Å². The Bertz CT molecular complexity index is 710. The molecule has 2 N–H and O–H groups in total. The van der Waals surface area contributed by atoms with Crippen molar-refractivity contribution in [1.29, 1.82) is 0 Å². The van der Waals surface area contributed by atoms with Gasteiger partial charge < -0.3 is 10.6 Å². The molecule has 1 amide bonds. The molecule has 0 spiro atoms. The van der Waals surface area contributed by atoms with E-state index in [1.807, 2.05) is 18.2 Å². The Labute approximate surface area is 122 Å². The van der Waals surface area contributed by atoms with Gasteiger partial charge in [0.25, 0.3) is 0 Å². The number of nitrogens with one attached hydrogen (secondary N) is 2. The molecule has 0 radical (unpaired) electrons. The van der Waals surface area contributed by atoms with Crippen LogP contribution in [0.2, 0.25) is 0 Å². The van der Waals surface area contributed by atoms with Gasteiger partial charge in [0.2, 0.25) is 0 Å². The molecular formula is C15H20N4O2. The van der Waals surface area contributed by atoms with Crippen LogP contribution < -0.4 is 16.3 Å². The summed E-state index contributed by atoms with van der Waals surface area (Å²) in [6.07, 6.45) is 2.12. The zero-order chi connectivity index (χ0) is 14.8. The molecule has 1 aliphatic rings. The average Bonchev–Trinajstić information content (AvgIpc) is 2.78. The zero-order valence-corrected chi connectivity index (χ0v) is 12.1. The minimum absolute atomic E-state index is 0.306. The first kappa shape index (κ1) is 13.9. The lowest BCUT2D eigenvalue weighted by molar-refractivity contribution is 0.238. The molecule has 1 aromatic carbocycles. The standard InChI is InChI=1S/C15H20N4O2/c1-18-12-4-2-3-5-13(12)19(15(18)21)14(20)17-10-11-6-8-16-9-7-11/h2-5,11,16H,6-10H2,1H3,(H,17,20). The predicted molar refractivity (Wildman–Crippen MR) is 81.6 cm³/mol. The molecule has 0 unspecified atom stereocenters. The number of piperidine rings is 1. The van der Waals surface area contributed by atoms with Crippen molar-refractivity contribution in [3.8, 4) is 0 Å². The molecule has 3 rings (SSSR count). The zero-order valence-electron chi connectivity index (χ0n) is 12.1. The molecule has 1 fully saturated rings. The smallest absolute Gasteiger partial charge is 0.337 e. The van der Waals surface area contributed by atoms with Crippen LogP contribution in [-0.2, 0) is 7.05 Å². The van der Waals surface area contributed by atoms with Crippen molar-refractivity contribution >= 4 is 17.1 Å². The number of hydrogen-bond donors (Lipinski definition) is 2. The lowest BCUT2D eigenvalue weighted by Gasteiger charge is -2.22. The van der Waals surface area contributed by atoms with Gasteiger partial charge in [-0.15, -0.1) is 0 Å². The molecule has 2 heterocycles. The number of fused-ring (bicyclic) bond motifs is 1. The molecule has 112 valence electrons. The van der Waals surface area contributed by atoms with Crippen LogP contribution in [0.4, 0.5) is 4.79 Å². The maximum atomic E-state index is 12.4. The van der Waals surface area contributed by atoms with Crippen LogP contribution >= 0.6 is 0 Å². The lowest BCUT2D eigenvalue weighted by atomic mass is 9.98. The Morgan fingerprint density at radius 2 is 1.95 bits per heavy atom. The maximum Gasteiger partial charge on any atom is 0.337 e. The monoisotopic (exact) mass is 288 g/mol. The molecule has 6 nitrogen and oxygen atoms in total. The van der Waals surface area contributed by atoms with E-state index >= 15 is 0 Å². The quantitative estimate of drug-likeness (QED) is 0.862. The number of carbonyl (C=O) groups is 1. The first-order valence-electron chi connectivity index (χ1n) is 7.34. The molecule has 6 heteroatoms. The van der Waals surface area contributed by atoms with Gasteiger partial charge in [-0.1, -0.05) is 12.1 Å². The molecule has 1 aliphatic heterocycles. The summed E-state index contributed by atoms with van der Waals surface area (Å²) in [6.45, 7) is 2.61. The fraction of sp³-hybridized carbons (Fsp3) is 0.467. The first-order chi connectivity index (χ1) is 10.2. The second-order valence-electron chi connectivity index (χ2n) is 5.55. The minimum Gasteiger partial charge on any atom is -0.337 e. The van der Waals surface area contributed by atoms with E-state index in [4.69, 9.17) is 0 Å². The van der Waals surface area contributed by atoms with Gasteiger partial charge in [-0.3, -0.25) is 4.57 Å². The number of rotatable bonds is 2. The molecule has 0 aliphatic carbocycles. The number of carbonyl (C=O) groups excluding carboxylic acids is 1. The summed E-state index contributed by atoms with van der Waals surface area (Å²) in [4.78, 5) is 24.6. The largest absolute Gasteiger partial charge is 0.337 e. The highest BCUT2D eigenvalue weighted by molar-refractivity contribution is 5.89. The van der Waals surface area contributed by atoms with E-state index in [9.17, 15) is 9.59 Å². The van der Waals surface area contributed by atoms with Gasteiger partial charge in [-0.2, -0.15) is 0 Å². The summed E-state index contributed by atoms with van der Waals surface area (Å²) in [5.74, 6) is 0.487. The molecule has 21 heavy (non-hydrogen) atoms. The number of para-hydroxylation sites is 2. The molecule has 0 bridgehead atoms. The van der Waals surface area contributed by atoms with Crippen molar-refractivity contribution in [1.82, 2.24) is 19.8 Å². The summed E-state index contributed by atoms with van der Waals surface area (Å²) in [5, 5.41) is 6.20. The van der Waals surface area contributed by atoms with E-state index in [0.29, 0.717) is 18.0 Å². The van der Waals surface area contributed by atoms with Crippen molar-refractivity contribution in [2.45, 2.75) is 12.8 Å². The summed E-state index contributed by atoms with van der Waals surface area (Å²) < 4.78 is 2.72. The first-order valence-corrected chi connectivity index (χ1v) is 7.34. The summed E-state index contributed by atoms with van der Waals surface area (Å²) in [5.41, 5.74) is 1.10. The van der Waals surface area contributed by atoms with Crippen molar-refractivity contribution in [2.24, 2.45) is 13.0 Å². The van der Waals surface area contributed by atoms with Gasteiger partial charge in [-0.25, -0.2) is 14.2 Å². The second kappa shape index (κ2) is 5.73. The summed E-state index contributed by atoms with van der Waals surface area (Å²) >= 11 is 0. The Kier molecular flexibility index (Phi) is 3.79. The van der Waals surface area contributed by atoms with Gasteiger partial charge >= 0.3 is 11.7 Å². The maximum absolute atomic E-state index is 12.4. The molecule has 1 aromatic heterocycles. The van der Waals surface area contributed by atoms with Crippen LogP contribution in [0.15, 0.2) is 29.1 Å². The fourth-order valence-corrected chi connectivity index (χ4v) is 2.89. The average molecular weight is 288 g/mol. The molecule has 1 saturated heterocycles. The van der Waals surface area contributed by atoms with Crippen LogP contribution in [0.1, 0.15) is 12.8 Å². The van der Waals surface area contributed by atoms with Gasteiger partial charge in [0.1, 0.15) is 0 Å². The number of imidazole rings is 1. The number of aromatic nitrogens is 2. The van der Waals surface area contributed by atoms with Gasteiger partial charge in [0.05, 0.1) is 11.0 Å². The second-order valence-corrected chi connectivity index (χ2v) is 5.55. The van der Waals surface area contributed by atoms with Crippen molar-refractivity contribution in [2.75, 3.05) is 19.6 Å². The number of benzene rings is 1. The Morgan fingerprint density at radius 3 is 2.67 bits per heavy atom. The predicted octanol–water partition coefficient (Wildman–Crippen LogP) is 0.897. The van der Waals surface area contributed by atoms with Crippen LogP contribution in [0.25, 0.3) is 11.0 Å². The molecule has 2 aromatic rings. The Balaban J connectivity index is 1.81. The van der Waals surface area contributed by atoms with Gasteiger partial charge in [0.15, 0.2) is 0 Å². The highest BCUT2D eigenvalue weighted by Crippen LogP contribution is 2.12. The van der Waals surface area contributed by atoms with Gasteiger partial charge in [-0.05, 0) is 44.0 Å². The lowest BCUT2D eigenvalue weighted by Crippen LogP contribution is -2.40. The molecule has 0 saturated carbocycles. The van der Waals surface area contributed by atoms with Crippen LogP contribution in [0.3, 0.4) is 0 Å². The van der Waals surface area contributed by atoms with Crippen LogP contribution in [-0.4, -0.2) is 34.8 Å². The Hall–Kier alpha value is -2.08. The third-order valence-corrected chi connectivity index (χ3v) is 4.17. The normalized spacial score (nSPS) is 16.2. The number of hydrogen-bond acceptors (Lipinski definition) is 3. The topological polar surface area (TPSA) is 68.1 Å². The van der Waals surface area contributed by atoms with Crippen molar-refractivity contribution < 1.29 is 4.79 Å². The highest BCUT2D eigenvalue weighted by atomic mass is 16.2. The SMILES string of the molecule is Cn1c(=O)n(C(=O)NCC2CCNCC2)c2ccccc21. The van der Waals surface area contributed by atoms with E-state index in [-0.39, 0.29) is 11.7 Å². The third kappa shape index (κ3) is 2.58.